The van der Waals surface area contributed by atoms with Crippen molar-refractivity contribution in [1.82, 2.24) is 10.2 Å². The highest BCUT2D eigenvalue weighted by Gasteiger charge is 2.31. The number of nitrogens with one attached hydrogen (secondary N) is 1. The zero-order valence-corrected chi connectivity index (χ0v) is 20.8. The molecule has 0 heterocycles. The summed E-state index contributed by atoms with van der Waals surface area (Å²) in [6.45, 7) is 0.680. The van der Waals surface area contributed by atoms with Crippen molar-refractivity contribution in [1.29, 1.82) is 0 Å². The van der Waals surface area contributed by atoms with Crippen LogP contribution in [0, 0.1) is 0 Å². The van der Waals surface area contributed by atoms with Crippen molar-refractivity contribution in [2.45, 2.75) is 32.0 Å². The molecule has 1 atom stereocenters. The highest BCUT2D eigenvalue weighted by Crippen LogP contribution is 2.26. The molecule has 0 fully saturated rings. The van der Waals surface area contributed by atoms with E-state index in [2.05, 4.69) is 5.32 Å². The van der Waals surface area contributed by atoms with Crippen molar-refractivity contribution in [2.24, 2.45) is 0 Å². The van der Waals surface area contributed by atoms with E-state index in [4.69, 9.17) is 11.6 Å². The van der Waals surface area contributed by atoms with Gasteiger partial charge in [0.15, 0.2) is 0 Å². The topological polar surface area (TPSA) is 49.4 Å². The van der Waals surface area contributed by atoms with Crippen LogP contribution in [0.15, 0.2) is 115 Å². The molecule has 0 bridgehead atoms. The van der Waals surface area contributed by atoms with Gasteiger partial charge in [-0.3, -0.25) is 9.59 Å². The van der Waals surface area contributed by atoms with Gasteiger partial charge in [0.2, 0.25) is 11.8 Å². The van der Waals surface area contributed by atoms with E-state index < -0.39 is 6.04 Å². The Morgan fingerprint density at radius 1 is 0.694 bits per heavy atom. The highest BCUT2D eigenvalue weighted by atomic mass is 35.5. The molecule has 1 unspecified atom stereocenters. The van der Waals surface area contributed by atoms with Crippen LogP contribution in [0.4, 0.5) is 0 Å². The first-order valence-electron chi connectivity index (χ1n) is 12.0. The molecule has 1 N–H and O–H groups in total. The summed E-state index contributed by atoms with van der Waals surface area (Å²) in [6.07, 6.45) is 0.900. The Bertz CT molecular complexity index is 1250. The third-order valence-corrected chi connectivity index (χ3v) is 6.29. The molecule has 0 spiro atoms. The van der Waals surface area contributed by atoms with Gasteiger partial charge in [-0.15, -0.1) is 0 Å². The molecule has 0 radical (unpaired) electrons. The van der Waals surface area contributed by atoms with Gasteiger partial charge in [-0.25, -0.2) is 0 Å². The van der Waals surface area contributed by atoms with E-state index in [1.165, 1.54) is 0 Å². The molecule has 0 aliphatic carbocycles. The van der Waals surface area contributed by atoms with Crippen molar-refractivity contribution in [3.8, 4) is 0 Å². The van der Waals surface area contributed by atoms with Gasteiger partial charge in [-0.2, -0.15) is 0 Å². The van der Waals surface area contributed by atoms with Gasteiger partial charge in [-0.1, -0.05) is 115 Å². The Labute approximate surface area is 217 Å². The Morgan fingerprint density at radius 3 is 1.86 bits per heavy atom. The minimum atomic E-state index is -0.770. The zero-order valence-electron chi connectivity index (χ0n) is 20.0. The van der Waals surface area contributed by atoms with Crippen molar-refractivity contribution in [2.75, 3.05) is 0 Å². The van der Waals surface area contributed by atoms with E-state index in [0.717, 1.165) is 22.3 Å². The molecule has 182 valence electrons. The van der Waals surface area contributed by atoms with Crippen molar-refractivity contribution in [3.05, 3.63) is 143 Å². The summed E-state index contributed by atoms with van der Waals surface area (Å²) in [6, 6.07) is 35.8. The Hall–Kier alpha value is -3.89. The van der Waals surface area contributed by atoms with Gasteiger partial charge in [0, 0.05) is 24.5 Å². The lowest BCUT2D eigenvalue weighted by molar-refractivity contribution is -0.141. The molecule has 5 heteroatoms. The number of aryl methyl sites for hydroxylation is 1. The van der Waals surface area contributed by atoms with Crippen LogP contribution in [0.5, 0.6) is 0 Å². The summed E-state index contributed by atoms with van der Waals surface area (Å²) < 4.78 is 0. The lowest BCUT2D eigenvalue weighted by atomic mass is 10.0. The van der Waals surface area contributed by atoms with Crippen molar-refractivity contribution >= 4 is 23.4 Å². The van der Waals surface area contributed by atoms with Crippen molar-refractivity contribution < 1.29 is 9.59 Å². The molecule has 4 aromatic carbocycles. The predicted molar refractivity (Wildman–Crippen MR) is 144 cm³/mol. The maximum absolute atomic E-state index is 13.7. The van der Waals surface area contributed by atoms with Gasteiger partial charge in [0.25, 0.3) is 0 Å². The second-order valence-corrected chi connectivity index (χ2v) is 9.09. The molecule has 4 nitrogen and oxygen atoms in total. The molecule has 0 saturated carbocycles. The van der Waals surface area contributed by atoms with Crippen LogP contribution in [0.1, 0.15) is 34.7 Å². The highest BCUT2D eigenvalue weighted by molar-refractivity contribution is 6.30. The van der Waals surface area contributed by atoms with Crippen LogP contribution < -0.4 is 5.32 Å². The zero-order chi connectivity index (χ0) is 25.2. The molecule has 0 aliphatic heterocycles. The maximum atomic E-state index is 13.7. The van der Waals surface area contributed by atoms with Gasteiger partial charge in [0.05, 0.1) is 0 Å². The summed E-state index contributed by atoms with van der Waals surface area (Å²) in [4.78, 5) is 29.0. The largest absolute Gasteiger partial charge is 0.350 e. The number of benzene rings is 4. The molecular weight excluding hydrogens is 468 g/mol. The number of hydrogen-bond donors (Lipinski definition) is 1. The molecule has 36 heavy (non-hydrogen) atoms. The lowest BCUT2D eigenvalue weighted by Gasteiger charge is -2.32. The first-order chi connectivity index (χ1) is 17.6. The van der Waals surface area contributed by atoms with Gasteiger partial charge in [0.1, 0.15) is 6.04 Å². The predicted octanol–water partition coefficient (Wildman–Crippen LogP) is 6.36. The Balaban J connectivity index is 1.62. The van der Waals surface area contributed by atoms with Gasteiger partial charge >= 0.3 is 0 Å². The molecule has 4 rings (SSSR count). The van der Waals surface area contributed by atoms with E-state index in [-0.39, 0.29) is 11.8 Å². The second-order valence-electron chi connectivity index (χ2n) is 8.65. The molecule has 0 aromatic heterocycles. The summed E-state index contributed by atoms with van der Waals surface area (Å²) in [5.74, 6) is -0.301. The Kier molecular flexibility index (Phi) is 8.90. The van der Waals surface area contributed by atoms with Crippen LogP contribution in [-0.2, 0) is 29.1 Å². The van der Waals surface area contributed by atoms with Crippen LogP contribution in [0.25, 0.3) is 0 Å². The number of rotatable bonds is 10. The molecular formula is C31H29ClN2O2. The number of carbonyl (C=O) groups is 2. The van der Waals surface area contributed by atoms with Crippen LogP contribution in [0.2, 0.25) is 5.02 Å². The average Bonchev–Trinajstić information content (AvgIpc) is 2.93. The fourth-order valence-corrected chi connectivity index (χ4v) is 4.27. The minimum Gasteiger partial charge on any atom is -0.350 e. The number of carbonyl (C=O) groups excluding carboxylic acids is 2. The normalized spacial score (nSPS) is 11.5. The van der Waals surface area contributed by atoms with Crippen LogP contribution >= 0.6 is 11.6 Å². The molecule has 0 saturated heterocycles. The quantitative estimate of drug-likeness (QED) is 0.278. The summed E-state index contributed by atoms with van der Waals surface area (Å²) in [7, 11) is 0. The first kappa shape index (κ1) is 25.2. The summed E-state index contributed by atoms with van der Waals surface area (Å²) in [5, 5.41) is 3.67. The molecule has 0 aliphatic rings. The van der Waals surface area contributed by atoms with Crippen molar-refractivity contribution in [3.63, 3.8) is 0 Å². The fraction of sp³-hybridized carbons (Fsp3) is 0.161. The monoisotopic (exact) mass is 496 g/mol. The number of nitrogens with zero attached hydrogens (tertiary/aromatic N) is 1. The van der Waals surface area contributed by atoms with E-state index in [1.807, 2.05) is 103 Å². The third-order valence-electron chi connectivity index (χ3n) is 6.04. The lowest BCUT2D eigenvalue weighted by Crippen LogP contribution is -2.43. The first-order valence-corrected chi connectivity index (χ1v) is 12.4. The maximum Gasteiger partial charge on any atom is 0.247 e. The smallest absolute Gasteiger partial charge is 0.247 e. The SMILES string of the molecule is O=C(NCc1ccccc1)C(c1ccccc1)N(Cc1ccc(Cl)cc1)C(=O)CCc1ccccc1. The Morgan fingerprint density at radius 2 is 1.25 bits per heavy atom. The van der Waals surface area contributed by atoms with E-state index >= 15 is 0 Å². The molecule has 4 aromatic rings. The number of halogens is 1. The van der Waals surface area contributed by atoms with Crippen LogP contribution in [-0.4, -0.2) is 16.7 Å². The summed E-state index contributed by atoms with van der Waals surface area (Å²) >= 11 is 6.09. The van der Waals surface area contributed by atoms with E-state index in [1.54, 1.807) is 17.0 Å². The number of hydrogen-bond acceptors (Lipinski definition) is 2. The second kappa shape index (κ2) is 12.7. The fourth-order valence-electron chi connectivity index (χ4n) is 4.14. The standard InChI is InChI=1S/C31H29ClN2O2/c32-28-19-16-26(17-20-28)23-34(29(35)21-18-24-10-4-1-5-11-24)30(27-14-8-3-9-15-27)31(36)33-22-25-12-6-2-7-13-25/h1-17,19-20,30H,18,21-23H2,(H,33,36). The van der Waals surface area contributed by atoms with Crippen LogP contribution in [0.3, 0.4) is 0 Å². The third kappa shape index (κ3) is 7.06. The van der Waals surface area contributed by atoms with E-state index in [0.29, 0.717) is 31.0 Å². The van der Waals surface area contributed by atoms with E-state index in [9.17, 15) is 9.59 Å². The average molecular weight is 497 g/mol. The minimum absolute atomic E-state index is 0.0856. The molecule has 2 amide bonds. The summed E-state index contributed by atoms with van der Waals surface area (Å²) in [5.41, 5.74) is 3.76. The van der Waals surface area contributed by atoms with Gasteiger partial charge in [-0.05, 0) is 40.8 Å². The number of amides is 2. The van der Waals surface area contributed by atoms with Gasteiger partial charge < -0.3 is 10.2 Å².